The summed E-state index contributed by atoms with van der Waals surface area (Å²) in [5.41, 5.74) is 1.12. The molecule has 1 aliphatic carbocycles. The van der Waals surface area contributed by atoms with Gasteiger partial charge in [-0.25, -0.2) is 9.97 Å². The zero-order valence-corrected chi connectivity index (χ0v) is 17.6. The molecule has 1 aromatic carbocycles. The number of carbonyl (C=O) groups is 3. The number of nitrogens with zero attached hydrogens (tertiary/aromatic N) is 7. The van der Waals surface area contributed by atoms with E-state index in [2.05, 4.69) is 20.0 Å². The molecule has 0 N–H and O–H groups in total. The standard InChI is InChI=1S/C22H22N7O3/c1-26-25-18-19(21(32)16-6-3-2-5-15(16)20(18)31)29(26)10-7-17(30)27-11-13-28(14-12-27)22-23-8-4-9-24-22/h2-6,8-9H,7,10-14H2,1H3/q+1. The lowest BCUT2D eigenvalue weighted by Crippen LogP contribution is -2.50. The van der Waals surface area contributed by atoms with Crippen LogP contribution in [-0.4, -0.2) is 68.3 Å². The van der Waals surface area contributed by atoms with Gasteiger partial charge in [0.2, 0.25) is 29.1 Å². The Morgan fingerprint density at radius 2 is 1.62 bits per heavy atom. The van der Waals surface area contributed by atoms with Crippen LogP contribution in [0.25, 0.3) is 0 Å². The molecule has 162 valence electrons. The number of hydrogen-bond donors (Lipinski definition) is 0. The highest BCUT2D eigenvalue weighted by atomic mass is 16.2. The van der Waals surface area contributed by atoms with Crippen molar-refractivity contribution >= 4 is 23.4 Å². The molecule has 1 saturated heterocycles. The van der Waals surface area contributed by atoms with Crippen molar-refractivity contribution in [1.82, 2.24) is 24.6 Å². The molecular formula is C22H22N7O3+. The molecule has 10 heteroatoms. The maximum Gasteiger partial charge on any atom is 0.225 e. The van der Waals surface area contributed by atoms with E-state index in [-0.39, 0.29) is 41.8 Å². The van der Waals surface area contributed by atoms with Crippen LogP contribution in [0.4, 0.5) is 5.95 Å². The minimum Gasteiger partial charge on any atom is -0.339 e. The van der Waals surface area contributed by atoms with Crippen LogP contribution in [0.1, 0.15) is 38.5 Å². The van der Waals surface area contributed by atoms with Crippen molar-refractivity contribution in [3.63, 3.8) is 0 Å². The predicted octanol–water partition coefficient (Wildman–Crippen LogP) is 0.0119. The Hall–Kier alpha value is -3.95. The Morgan fingerprint density at radius 3 is 2.31 bits per heavy atom. The van der Waals surface area contributed by atoms with E-state index in [1.165, 1.54) is 4.80 Å². The summed E-state index contributed by atoms with van der Waals surface area (Å²) in [6.45, 7) is 2.74. The molecule has 10 nitrogen and oxygen atoms in total. The van der Waals surface area contributed by atoms with Crippen molar-refractivity contribution in [1.29, 1.82) is 0 Å². The molecule has 1 fully saturated rings. The first-order chi connectivity index (χ1) is 15.5. The van der Waals surface area contributed by atoms with Crippen molar-refractivity contribution in [2.24, 2.45) is 7.05 Å². The third-order valence-electron chi connectivity index (χ3n) is 5.93. The number of fused-ring (bicyclic) bond motifs is 2. The van der Waals surface area contributed by atoms with Crippen LogP contribution in [0.2, 0.25) is 0 Å². The van der Waals surface area contributed by atoms with E-state index in [1.807, 2.05) is 4.90 Å². The van der Waals surface area contributed by atoms with Crippen molar-refractivity contribution < 1.29 is 19.2 Å². The first kappa shape index (κ1) is 20.0. The summed E-state index contributed by atoms with van der Waals surface area (Å²) < 4.78 is 1.62. The maximum absolute atomic E-state index is 13.1. The second-order valence-corrected chi connectivity index (χ2v) is 7.78. The second-order valence-electron chi connectivity index (χ2n) is 7.78. The number of carbonyl (C=O) groups excluding carboxylic acids is 3. The van der Waals surface area contributed by atoms with Crippen molar-refractivity contribution in [2.45, 2.75) is 13.0 Å². The lowest BCUT2D eigenvalue weighted by Gasteiger charge is -2.34. The molecule has 2 aromatic heterocycles. The van der Waals surface area contributed by atoms with Gasteiger partial charge >= 0.3 is 0 Å². The highest BCUT2D eigenvalue weighted by Gasteiger charge is 2.39. The minimum atomic E-state index is -0.268. The first-order valence-corrected chi connectivity index (χ1v) is 10.5. The highest BCUT2D eigenvalue weighted by Crippen LogP contribution is 2.25. The van der Waals surface area contributed by atoms with Gasteiger partial charge in [0.05, 0.1) is 13.0 Å². The Kier molecular flexibility index (Phi) is 4.96. The number of anilines is 1. The summed E-state index contributed by atoms with van der Waals surface area (Å²) in [7, 11) is 1.67. The third-order valence-corrected chi connectivity index (χ3v) is 5.93. The Bertz CT molecular complexity index is 1210. The van der Waals surface area contributed by atoms with Crippen LogP contribution in [-0.2, 0) is 18.4 Å². The summed E-state index contributed by atoms with van der Waals surface area (Å²) >= 11 is 0. The molecule has 2 aliphatic rings. The maximum atomic E-state index is 13.1. The largest absolute Gasteiger partial charge is 0.339 e. The molecule has 0 spiro atoms. The quantitative estimate of drug-likeness (QED) is 0.419. The summed E-state index contributed by atoms with van der Waals surface area (Å²) in [4.78, 5) is 52.6. The van der Waals surface area contributed by atoms with Crippen LogP contribution in [0.15, 0.2) is 42.7 Å². The molecular weight excluding hydrogens is 410 g/mol. The summed E-state index contributed by atoms with van der Waals surface area (Å²) in [6.07, 6.45) is 3.62. The molecule has 0 bridgehead atoms. The number of hydrogen-bond acceptors (Lipinski definition) is 7. The van der Waals surface area contributed by atoms with Gasteiger partial charge in [0, 0.05) is 54.8 Å². The molecule has 0 unspecified atom stereocenters. The van der Waals surface area contributed by atoms with Crippen LogP contribution in [0, 0.1) is 0 Å². The Labute approximate surface area is 184 Å². The molecule has 3 aromatic rings. The first-order valence-electron chi connectivity index (χ1n) is 10.5. The smallest absolute Gasteiger partial charge is 0.225 e. The zero-order chi connectivity index (χ0) is 22.2. The number of aromatic nitrogens is 5. The molecule has 0 radical (unpaired) electrons. The van der Waals surface area contributed by atoms with Gasteiger partial charge in [0.15, 0.2) is 12.7 Å². The van der Waals surface area contributed by atoms with Gasteiger partial charge in [-0.15, -0.1) is 4.68 Å². The van der Waals surface area contributed by atoms with E-state index in [1.54, 1.807) is 54.5 Å². The van der Waals surface area contributed by atoms with E-state index < -0.39 is 0 Å². The molecule has 0 atom stereocenters. The molecule has 5 rings (SSSR count). The molecule has 1 amide bonds. The fourth-order valence-electron chi connectivity index (χ4n) is 4.25. The molecule has 0 saturated carbocycles. The topological polar surface area (TPSA) is 105 Å². The third kappa shape index (κ3) is 3.33. The van der Waals surface area contributed by atoms with E-state index in [9.17, 15) is 14.4 Å². The van der Waals surface area contributed by atoms with Crippen LogP contribution in [0.3, 0.4) is 0 Å². The van der Waals surface area contributed by atoms with E-state index in [4.69, 9.17) is 0 Å². The van der Waals surface area contributed by atoms with Gasteiger partial charge < -0.3 is 9.80 Å². The van der Waals surface area contributed by atoms with Crippen LogP contribution >= 0.6 is 0 Å². The van der Waals surface area contributed by atoms with Gasteiger partial charge in [-0.3, -0.25) is 14.4 Å². The average molecular weight is 432 g/mol. The van der Waals surface area contributed by atoms with Crippen molar-refractivity contribution in [3.05, 3.63) is 65.2 Å². The van der Waals surface area contributed by atoms with Gasteiger partial charge in [0.25, 0.3) is 0 Å². The predicted molar refractivity (Wildman–Crippen MR) is 112 cm³/mol. The van der Waals surface area contributed by atoms with Gasteiger partial charge in [-0.2, -0.15) is 0 Å². The van der Waals surface area contributed by atoms with E-state index in [0.717, 1.165) is 0 Å². The molecule has 32 heavy (non-hydrogen) atoms. The lowest BCUT2D eigenvalue weighted by molar-refractivity contribution is -0.805. The van der Waals surface area contributed by atoms with Gasteiger partial charge in [-0.1, -0.05) is 24.3 Å². The fraction of sp³-hybridized carbons (Fsp3) is 0.318. The van der Waals surface area contributed by atoms with Crippen LogP contribution in [0.5, 0.6) is 0 Å². The van der Waals surface area contributed by atoms with Crippen molar-refractivity contribution in [3.8, 4) is 0 Å². The zero-order valence-electron chi connectivity index (χ0n) is 17.6. The SMILES string of the molecule is C[n+]1nc2c(n1CCC(=O)N1CCN(c3ncccn3)CC1)C(=O)c1ccccc1C2=O. The Balaban J connectivity index is 1.27. The van der Waals surface area contributed by atoms with E-state index >= 15 is 0 Å². The minimum absolute atomic E-state index is 0.00364. The number of amides is 1. The average Bonchev–Trinajstić information content (AvgIpc) is 3.18. The normalized spacial score (nSPS) is 15.5. The molecule has 3 heterocycles. The number of benzene rings is 1. The van der Waals surface area contributed by atoms with Gasteiger partial charge in [-0.05, 0) is 10.9 Å². The summed E-state index contributed by atoms with van der Waals surface area (Å²) in [5, 5.41) is 4.28. The monoisotopic (exact) mass is 432 g/mol. The number of piperazine rings is 1. The number of rotatable bonds is 4. The second kappa shape index (κ2) is 7.95. The highest BCUT2D eigenvalue weighted by molar-refractivity contribution is 6.26. The van der Waals surface area contributed by atoms with Crippen LogP contribution < -0.4 is 9.70 Å². The molecule has 1 aliphatic heterocycles. The lowest BCUT2D eigenvalue weighted by atomic mass is 9.90. The summed E-state index contributed by atoms with van der Waals surface area (Å²) in [6, 6.07) is 8.53. The number of ketones is 2. The van der Waals surface area contributed by atoms with E-state index in [0.29, 0.717) is 43.3 Å². The summed E-state index contributed by atoms with van der Waals surface area (Å²) in [5.74, 6) is 0.151. The van der Waals surface area contributed by atoms with Crippen molar-refractivity contribution in [2.75, 3.05) is 31.1 Å². The Morgan fingerprint density at radius 1 is 0.969 bits per heavy atom. The fourth-order valence-corrected chi connectivity index (χ4v) is 4.25. The van der Waals surface area contributed by atoms with Gasteiger partial charge in [0.1, 0.15) is 0 Å². The number of aryl methyl sites for hydroxylation is 1.